The van der Waals surface area contributed by atoms with Crippen LogP contribution in [-0.4, -0.2) is 55.5 Å². The summed E-state index contributed by atoms with van der Waals surface area (Å²) in [6.45, 7) is 14.8. The van der Waals surface area contributed by atoms with Crippen molar-refractivity contribution in [2.45, 2.75) is 59.9 Å². The molecule has 6 nitrogen and oxygen atoms in total. The Morgan fingerprint density at radius 3 is 2.52 bits per heavy atom. The third-order valence-corrected chi connectivity index (χ3v) is 4.73. The summed E-state index contributed by atoms with van der Waals surface area (Å²) in [5, 5.41) is 9.55. The summed E-state index contributed by atoms with van der Waals surface area (Å²) < 4.78 is 0. The Balaban J connectivity index is 0.00000784. The number of hydrogen-bond acceptors (Lipinski definition) is 3. The molecule has 0 aliphatic rings. The summed E-state index contributed by atoms with van der Waals surface area (Å²) in [7, 11) is 0. The summed E-state index contributed by atoms with van der Waals surface area (Å²) in [4.78, 5) is 19.1. The number of guanidine groups is 1. The van der Waals surface area contributed by atoms with Crippen LogP contribution in [0.4, 0.5) is 5.69 Å². The summed E-state index contributed by atoms with van der Waals surface area (Å²) in [5.41, 5.74) is 2.03. The first-order valence-corrected chi connectivity index (χ1v) is 10.7. The lowest BCUT2D eigenvalue weighted by Gasteiger charge is -2.21. The van der Waals surface area contributed by atoms with Crippen molar-refractivity contribution >= 4 is 41.5 Å². The minimum absolute atomic E-state index is 0. The van der Waals surface area contributed by atoms with E-state index < -0.39 is 0 Å². The van der Waals surface area contributed by atoms with E-state index in [2.05, 4.69) is 59.6 Å². The summed E-state index contributed by atoms with van der Waals surface area (Å²) >= 11 is 0. The molecule has 0 radical (unpaired) electrons. The standard InChI is InChI=1S/C22H39N5O.HI/c1-6-19-13-10-14-20(16-19)26-21(28)17-24-22(23-7-2)25-18(5)12-11-15-27(8-3)9-4;/h10,13-14,16,18H,6-9,11-12,15,17H2,1-5H3,(H,26,28)(H2,23,24,25);1H. The van der Waals surface area contributed by atoms with Gasteiger partial charge in [0.15, 0.2) is 5.96 Å². The van der Waals surface area contributed by atoms with Crippen molar-refractivity contribution in [3.63, 3.8) is 0 Å². The number of aliphatic imine (C=N–C) groups is 1. The van der Waals surface area contributed by atoms with Crippen LogP contribution in [0.1, 0.15) is 53.0 Å². The molecule has 166 valence electrons. The number of benzene rings is 1. The summed E-state index contributed by atoms with van der Waals surface area (Å²) in [6, 6.07) is 8.23. The molecule has 1 aromatic rings. The van der Waals surface area contributed by atoms with Gasteiger partial charge in [-0.2, -0.15) is 0 Å². The number of nitrogens with one attached hydrogen (secondary N) is 3. The van der Waals surface area contributed by atoms with Gasteiger partial charge in [0.1, 0.15) is 6.54 Å². The molecule has 0 spiro atoms. The molecular formula is C22H40IN5O. The van der Waals surface area contributed by atoms with Crippen LogP contribution in [0.25, 0.3) is 0 Å². The molecule has 0 bridgehead atoms. The average Bonchev–Trinajstić information content (AvgIpc) is 2.69. The highest BCUT2D eigenvalue weighted by atomic mass is 127. The first-order chi connectivity index (χ1) is 13.5. The SMILES string of the molecule is CCNC(=NCC(=O)Nc1cccc(CC)c1)NC(C)CCCN(CC)CC.I. The maximum Gasteiger partial charge on any atom is 0.246 e. The van der Waals surface area contributed by atoms with Gasteiger partial charge in [0.25, 0.3) is 0 Å². The fraction of sp³-hybridized carbons (Fsp3) is 0.636. The van der Waals surface area contributed by atoms with Gasteiger partial charge < -0.3 is 20.9 Å². The molecule has 29 heavy (non-hydrogen) atoms. The second-order valence-electron chi connectivity index (χ2n) is 7.01. The van der Waals surface area contributed by atoms with Gasteiger partial charge in [0.2, 0.25) is 5.91 Å². The number of carbonyl (C=O) groups excluding carboxylic acids is 1. The van der Waals surface area contributed by atoms with Crippen LogP contribution in [0.15, 0.2) is 29.3 Å². The fourth-order valence-electron chi connectivity index (χ4n) is 3.01. The second-order valence-corrected chi connectivity index (χ2v) is 7.01. The molecule has 1 atom stereocenters. The smallest absolute Gasteiger partial charge is 0.246 e. The predicted octanol–water partition coefficient (Wildman–Crippen LogP) is 3.87. The normalized spacial score (nSPS) is 12.3. The van der Waals surface area contributed by atoms with Crippen LogP contribution >= 0.6 is 24.0 Å². The molecule has 1 amide bonds. The van der Waals surface area contributed by atoms with Gasteiger partial charge >= 0.3 is 0 Å². The highest BCUT2D eigenvalue weighted by molar-refractivity contribution is 14.0. The molecule has 1 rings (SSSR count). The van der Waals surface area contributed by atoms with Crippen LogP contribution in [-0.2, 0) is 11.2 Å². The van der Waals surface area contributed by atoms with E-state index in [4.69, 9.17) is 0 Å². The number of halogens is 1. The van der Waals surface area contributed by atoms with Crippen LogP contribution in [0.5, 0.6) is 0 Å². The van der Waals surface area contributed by atoms with Gasteiger partial charge in [-0.05, 0) is 70.4 Å². The van der Waals surface area contributed by atoms with E-state index in [-0.39, 0.29) is 36.4 Å². The van der Waals surface area contributed by atoms with E-state index in [1.807, 2.05) is 25.1 Å². The molecule has 0 aliphatic carbocycles. The van der Waals surface area contributed by atoms with E-state index in [9.17, 15) is 4.79 Å². The topological polar surface area (TPSA) is 68.8 Å². The molecule has 0 fully saturated rings. The first kappa shape index (κ1) is 27.6. The molecule has 7 heteroatoms. The monoisotopic (exact) mass is 517 g/mol. The lowest BCUT2D eigenvalue weighted by atomic mass is 10.1. The quantitative estimate of drug-likeness (QED) is 0.224. The van der Waals surface area contributed by atoms with Crippen molar-refractivity contribution in [2.24, 2.45) is 4.99 Å². The van der Waals surface area contributed by atoms with Gasteiger partial charge in [0.05, 0.1) is 0 Å². The molecule has 1 aromatic carbocycles. The van der Waals surface area contributed by atoms with E-state index in [0.29, 0.717) is 12.0 Å². The lowest BCUT2D eigenvalue weighted by molar-refractivity contribution is -0.114. The van der Waals surface area contributed by atoms with Crippen molar-refractivity contribution in [3.8, 4) is 0 Å². The van der Waals surface area contributed by atoms with Crippen molar-refractivity contribution in [1.82, 2.24) is 15.5 Å². The van der Waals surface area contributed by atoms with Crippen LogP contribution < -0.4 is 16.0 Å². The van der Waals surface area contributed by atoms with Crippen molar-refractivity contribution in [3.05, 3.63) is 29.8 Å². The van der Waals surface area contributed by atoms with Crippen molar-refractivity contribution < 1.29 is 4.79 Å². The predicted molar refractivity (Wildman–Crippen MR) is 135 cm³/mol. The highest BCUT2D eigenvalue weighted by Crippen LogP contribution is 2.10. The maximum atomic E-state index is 12.2. The lowest BCUT2D eigenvalue weighted by Crippen LogP contribution is -2.43. The van der Waals surface area contributed by atoms with Gasteiger partial charge in [0, 0.05) is 18.3 Å². The van der Waals surface area contributed by atoms with E-state index in [0.717, 1.165) is 51.1 Å². The Hall–Kier alpha value is -1.35. The van der Waals surface area contributed by atoms with Crippen LogP contribution in [0.2, 0.25) is 0 Å². The van der Waals surface area contributed by atoms with Crippen LogP contribution in [0.3, 0.4) is 0 Å². The molecule has 0 heterocycles. The number of rotatable bonds is 12. The number of anilines is 1. The molecule has 0 aliphatic heterocycles. The van der Waals surface area contributed by atoms with Gasteiger partial charge in [-0.3, -0.25) is 4.79 Å². The molecular weight excluding hydrogens is 477 g/mol. The van der Waals surface area contributed by atoms with E-state index in [1.165, 1.54) is 5.56 Å². The summed E-state index contributed by atoms with van der Waals surface area (Å²) in [5.74, 6) is 0.579. The third-order valence-electron chi connectivity index (χ3n) is 4.73. The second kappa shape index (κ2) is 16.4. The molecule has 0 aromatic heterocycles. The zero-order chi connectivity index (χ0) is 20.8. The van der Waals surface area contributed by atoms with E-state index >= 15 is 0 Å². The number of amides is 1. The Bertz CT molecular complexity index is 605. The Labute approximate surface area is 194 Å². The average molecular weight is 518 g/mol. The Kier molecular flexibility index (Phi) is 15.7. The number of aryl methyl sites for hydroxylation is 1. The van der Waals surface area contributed by atoms with Gasteiger partial charge in [-0.25, -0.2) is 4.99 Å². The molecule has 1 unspecified atom stereocenters. The molecule has 0 saturated carbocycles. The minimum Gasteiger partial charge on any atom is -0.357 e. The summed E-state index contributed by atoms with van der Waals surface area (Å²) in [6.07, 6.45) is 3.16. The van der Waals surface area contributed by atoms with Crippen molar-refractivity contribution in [2.75, 3.05) is 38.0 Å². The van der Waals surface area contributed by atoms with E-state index in [1.54, 1.807) is 0 Å². The highest BCUT2D eigenvalue weighted by Gasteiger charge is 2.08. The van der Waals surface area contributed by atoms with Crippen molar-refractivity contribution in [1.29, 1.82) is 0 Å². The number of hydrogen-bond donors (Lipinski definition) is 3. The van der Waals surface area contributed by atoms with Gasteiger partial charge in [-0.15, -0.1) is 24.0 Å². The number of nitrogens with zero attached hydrogens (tertiary/aromatic N) is 2. The first-order valence-electron chi connectivity index (χ1n) is 10.7. The Morgan fingerprint density at radius 1 is 1.17 bits per heavy atom. The minimum atomic E-state index is -0.111. The maximum absolute atomic E-state index is 12.2. The fourth-order valence-corrected chi connectivity index (χ4v) is 3.01. The zero-order valence-electron chi connectivity index (χ0n) is 18.8. The zero-order valence-corrected chi connectivity index (χ0v) is 21.1. The molecule has 3 N–H and O–H groups in total. The molecule has 0 saturated heterocycles. The third kappa shape index (κ3) is 12.1. The number of carbonyl (C=O) groups is 1. The largest absolute Gasteiger partial charge is 0.357 e. The van der Waals surface area contributed by atoms with Crippen LogP contribution in [0, 0.1) is 0 Å². The van der Waals surface area contributed by atoms with Gasteiger partial charge in [-0.1, -0.05) is 32.9 Å². The Morgan fingerprint density at radius 2 is 1.90 bits per heavy atom.